The van der Waals surface area contributed by atoms with E-state index < -0.39 is 17.5 Å². The Labute approximate surface area is 145 Å². The number of rotatable bonds is 10. The molecule has 1 saturated heterocycles. The molecule has 6 nitrogen and oxygen atoms in total. The summed E-state index contributed by atoms with van der Waals surface area (Å²) in [6, 6.07) is 0. The molecule has 1 aliphatic rings. The van der Waals surface area contributed by atoms with Crippen LogP contribution in [0, 0.1) is 0 Å². The quantitative estimate of drug-likeness (QED) is 0.345. The number of carbonyl (C=O) groups is 2. The number of ether oxygens (including phenoxy) is 3. The van der Waals surface area contributed by atoms with Gasteiger partial charge in [0, 0.05) is 25.2 Å². The average molecular weight is 341 g/mol. The van der Waals surface area contributed by atoms with Gasteiger partial charge in [-0.2, -0.15) is 0 Å². The number of hydrogen-bond acceptors (Lipinski definition) is 6. The zero-order valence-corrected chi connectivity index (χ0v) is 15.2. The molecule has 0 radical (unpaired) electrons. The molecule has 0 saturated carbocycles. The van der Waals surface area contributed by atoms with Crippen molar-refractivity contribution in [2.75, 3.05) is 39.5 Å². The minimum absolute atomic E-state index is 0.377. The van der Waals surface area contributed by atoms with Gasteiger partial charge in [0.05, 0.1) is 19.8 Å². The van der Waals surface area contributed by atoms with Gasteiger partial charge < -0.3 is 14.2 Å². The van der Waals surface area contributed by atoms with Crippen LogP contribution in [0.15, 0.2) is 12.2 Å². The molecule has 0 bridgehead atoms. The third-order valence-corrected chi connectivity index (χ3v) is 4.05. The molecule has 1 aliphatic heterocycles. The predicted molar refractivity (Wildman–Crippen MR) is 91.7 cm³/mol. The second-order valence-corrected chi connectivity index (χ2v) is 6.55. The lowest BCUT2D eigenvalue weighted by molar-refractivity contribution is -0.151. The molecule has 1 rings (SSSR count). The highest BCUT2D eigenvalue weighted by Crippen LogP contribution is 2.13. The summed E-state index contributed by atoms with van der Waals surface area (Å²) in [5, 5.41) is 0. The van der Waals surface area contributed by atoms with Crippen molar-refractivity contribution >= 4 is 11.9 Å². The van der Waals surface area contributed by atoms with Crippen LogP contribution in [0.2, 0.25) is 0 Å². The number of carbonyl (C=O) groups excluding carboxylic acids is 2. The molecule has 24 heavy (non-hydrogen) atoms. The van der Waals surface area contributed by atoms with Crippen LogP contribution in [0.4, 0.5) is 0 Å². The Kier molecular flexibility index (Phi) is 9.64. The van der Waals surface area contributed by atoms with Gasteiger partial charge in [0.25, 0.3) is 0 Å². The molecular weight excluding hydrogens is 310 g/mol. The van der Waals surface area contributed by atoms with Crippen molar-refractivity contribution in [2.45, 2.75) is 52.1 Å². The standard InChI is InChI=1S/C18H31NO5/c1-4-18(2,3)24-17(21)9-8-16(20)23-13-7-5-6-10-19-11-14-22-15-12-19/h8-9H,4-7,10-15H2,1-3H3/b9-8+. The van der Waals surface area contributed by atoms with Crippen LogP contribution in [0.5, 0.6) is 0 Å². The summed E-state index contributed by atoms with van der Waals surface area (Å²) >= 11 is 0. The summed E-state index contributed by atoms with van der Waals surface area (Å²) in [5.74, 6) is -1.03. The lowest BCUT2D eigenvalue weighted by Crippen LogP contribution is -2.36. The second kappa shape index (κ2) is 11.2. The van der Waals surface area contributed by atoms with E-state index in [4.69, 9.17) is 14.2 Å². The maximum atomic E-state index is 11.6. The van der Waals surface area contributed by atoms with Crippen molar-refractivity contribution in [2.24, 2.45) is 0 Å². The van der Waals surface area contributed by atoms with E-state index in [1.54, 1.807) is 0 Å². The smallest absolute Gasteiger partial charge is 0.331 e. The number of morpholine rings is 1. The molecule has 0 unspecified atom stereocenters. The van der Waals surface area contributed by atoms with Gasteiger partial charge >= 0.3 is 11.9 Å². The fraction of sp³-hybridized carbons (Fsp3) is 0.778. The number of unbranched alkanes of at least 4 members (excludes halogenated alkanes) is 2. The van der Waals surface area contributed by atoms with Crippen LogP contribution >= 0.6 is 0 Å². The van der Waals surface area contributed by atoms with Gasteiger partial charge in [0.1, 0.15) is 5.60 Å². The lowest BCUT2D eigenvalue weighted by Gasteiger charge is -2.26. The van der Waals surface area contributed by atoms with Gasteiger partial charge in [0.2, 0.25) is 0 Å². The summed E-state index contributed by atoms with van der Waals surface area (Å²) in [5.41, 5.74) is -0.522. The monoisotopic (exact) mass is 341 g/mol. The van der Waals surface area contributed by atoms with Crippen LogP contribution in [0.1, 0.15) is 46.5 Å². The SMILES string of the molecule is CCC(C)(C)OC(=O)/C=C/C(=O)OCCCCCN1CCOCC1. The topological polar surface area (TPSA) is 65.1 Å². The first-order valence-electron chi connectivity index (χ1n) is 8.81. The Balaban J connectivity index is 2.04. The molecule has 0 aromatic rings. The van der Waals surface area contributed by atoms with Crippen LogP contribution in [-0.2, 0) is 23.8 Å². The Bertz CT molecular complexity index is 414. The second-order valence-electron chi connectivity index (χ2n) is 6.55. The molecule has 6 heteroatoms. The molecular formula is C18H31NO5. The highest BCUT2D eigenvalue weighted by atomic mass is 16.6. The van der Waals surface area contributed by atoms with Crippen molar-refractivity contribution < 1.29 is 23.8 Å². The third-order valence-electron chi connectivity index (χ3n) is 4.05. The first-order valence-corrected chi connectivity index (χ1v) is 8.81. The molecule has 0 aromatic heterocycles. The van der Waals surface area contributed by atoms with E-state index in [9.17, 15) is 9.59 Å². The Morgan fingerprint density at radius 2 is 1.75 bits per heavy atom. The first-order chi connectivity index (χ1) is 11.4. The van der Waals surface area contributed by atoms with E-state index in [1.807, 2.05) is 20.8 Å². The first kappa shape index (κ1) is 20.6. The van der Waals surface area contributed by atoms with E-state index in [2.05, 4.69) is 4.90 Å². The predicted octanol–water partition coefficient (Wildman–Crippen LogP) is 2.32. The molecule has 0 amide bonds. The van der Waals surface area contributed by atoms with Crippen LogP contribution in [-0.4, -0.2) is 61.9 Å². The summed E-state index contributed by atoms with van der Waals surface area (Å²) < 4.78 is 15.6. The van der Waals surface area contributed by atoms with Crippen LogP contribution in [0.3, 0.4) is 0 Å². The van der Waals surface area contributed by atoms with Gasteiger partial charge in [-0.25, -0.2) is 9.59 Å². The average Bonchev–Trinajstić information content (AvgIpc) is 2.56. The fourth-order valence-corrected chi connectivity index (χ4v) is 2.17. The van der Waals surface area contributed by atoms with Gasteiger partial charge in [-0.15, -0.1) is 0 Å². The summed E-state index contributed by atoms with van der Waals surface area (Å²) in [7, 11) is 0. The van der Waals surface area contributed by atoms with E-state index >= 15 is 0 Å². The normalized spacial score (nSPS) is 16.3. The van der Waals surface area contributed by atoms with Gasteiger partial charge in [-0.3, -0.25) is 4.90 Å². The summed E-state index contributed by atoms with van der Waals surface area (Å²) in [6.45, 7) is 10.7. The van der Waals surface area contributed by atoms with Crippen molar-refractivity contribution in [3.63, 3.8) is 0 Å². The van der Waals surface area contributed by atoms with Gasteiger partial charge in [-0.1, -0.05) is 6.92 Å². The Hall–Kier alpha value is -1.40. The summed E-state index contributed by atoms with van der Waals surface area (Å²) in [4.78, 5) is 25.5. The van der Waals surface area contributed by atoms with Gasteiger partial charge in [-0.05, 0) is 46.1 Å². The van der Waals surface area contributed by atoms with Crippen LogP contribution in [0.25, 0.3) is 0 Å². The maximum Gasteiger partial charge on any atom is 0.331 e. The van der Waals surface area contributed by atoms with E-state index in [0.717, 1.165) is 64.3 Å². The number of nitrogens with zero attached hydrogens (tertiary/aromatic N) is 1. The van der Waals surface area contributed by atoms with Crippen molar-refractivity contribution in [1.29, 1.82) is 0 Å². The van der Waals surface area contributed by atoms with E-state index in [1.165, 1.54) is 0 Å². The van der Waals surface area contributed by atoms with Crippen molar-refractivity contribution in [1.82, 2.24) is 4.90 Å². The minimum atomic E-state index is -0.524. The summed E-state index contributed by atoms with van der Waals surface area (Å²) in [6.07, 6.45) is 5.89. The molecule has 0 aromatic carbocycles. The zero-order chi connectivity index (χ0) is 17.8. The molecule has 0 spiro atoms. The van der Waals surface area contributed by atoms with Crippen molar-refractivity contribution in [3.8, 4) is 0 Å². The largest absolute Gasteiger partial charge is 0.463 e. The Morgan fingerprint density at radius 3 is 2.42 bits per heavy atom. The maximum absolute atomic E-state index is 11.6. The van der Waals surface area contributed by atoms with Gasteiger partial charge in [0.15, 0.2) is 0 Å². The fourth-order valence-electron chi connectivity index (χ4n) is 2.17. The molecule has 1 fully saturated rings. The molecule has 138 valence electrons. The van der Waals surface area contributed by atoms with E-state index in [-0.39, 0.29) is 0 Å². The minimum Gasteiger partial charge on any atom is -0.463 e. The molecule has 1 heterocycles. The highest BCUT2D eigenvalue weighted by molar-refractivity contribution is 5.91. The molecule has 0 N–H and O–H groups in total. The third kappa shape index (κ3) is 9.67. The van der Waals surface area contributed by atoms with Crippen LogP contribution < -0.4 is 0 Å². The zero-order valence-electron chi connectivity index (χ0n) is 15.2. The lowest BCUT2D eigenvalue weighted by atomic mass is 10.1. The van der Waals surface area contributed by atoms with Crippen molar-refractivity contribution in [3.05, 3.63) is 12.2 Å². The number of esters is 2. The van der Waals surface area contributed by atoms with E-state index in [0.29, 0.717) is 13.0 Å². The Morgan fingerprint density at radius 1 is 1.08 bits per heavy atom. The molecule has 0 aliphatic carbocycles. The molecule has 0 atom stereocenters. The number of hydrogen-bond donors (Lipinski definition) is 0. The highest BCUT2D eigenvalue weighted by Gasteiger charge is 2.18.